The van der Waals surface area contributed by atoms with E-state index < -0.39 is 12.0 Å². The van der Waals surface area contributed by atoms with Gasteiger partial charge in [-0.25, -0.2) is 0 Å². The van der Waals surface area contributed by atoms with Gasteiger partial charge in [-0.2, -0.15) is 0 Å². The molecule has 0 radical (unpaired) electrons. The van der Waals surface area contributed by atoms with Crippen LogP contribution in [-0.4, -0.2) is 29.8 Å². The molecule has 33 heavy (non-hydrogen) atoms. The monoisotopic (exact) mass is 531 g/mol. The minimum atomic E-state index is -0.795. The maximum absolute atomic E-state index is 12.0. The molecule has 3 aromatic carbocycles. The third kappa shape index (κ3) is 7.05. The molecule has 0 saturated heterocycles. The van der Waals surface area contributed by atoms with E-state index in [9.17, 15) is 9.90 Å². The molecule has 0 amide bonds. The van der Waals surface area contributed by atoms with Gasteiger partial charge < -0.3 is 14.6 Å². The average molecular weight is 533 g/mol. The van der Waals surface area contributed by atoms with Gasteiger partial charge in [0.1, 0.15) is 18.4 Å². The lowest BCUT2D eigenvalue weighted by atomic mass is 10.0. The molecular formula is C26H27BrClNO4. The van der Waals surface area contributed by atoms with Gasteiger partial charge in [0.25, 0.3) is 0 Å². The number of esters is 1. The Bertz CT molecular complexity index is 1080. The highest BCUT2D eigenvalue weighted by atomic mass is 79.9. The highest BCUT2D eigenvalue weighted by molar-refractivity contribution is 9.10. The van der Waals surface area contributed by atoms with Crippen LogP contribution in [0.2, 0.25) is 5.02 Å². The van der Waals surface area contributed by atoms with E-state index in [2.05, 4.69) is 39.4 Å². The fourth-order valence-corrected chi connectivity index (χ4v) is 4.10. The van der Waals surface area contributed by atoms with E-state index >= 15 is 0 Å². The number of rotatable bonds is 10. The number of carbonyl (C=O) groups excluding carboxylic acids is 1. The third-order valence-corrected chi connectivity index (χ3v) is 6.15. The Labute approximate surface area is 207 Å². The zero-order valence-electron chi connectivity index (χ0n) is 18.6. The number of ether oxygens (including phenoxy) is 2. The molecule has 0 heterocycles. The summed E-state index contributed by atoms with van der Waals surface area (Å²) in [6, 6.07) is 20.9. The zero-order chi connectivity index (χ0) is 23.8. The fraction of sp³-hybridized carbons (Fsp3) is 0.269. The fourth-order valence-electron chi connectivity index (χ4n) is 3.24. The second-order valence-corrected chi connectivity index (χ2v) is 9.00. The lowest BCUT2D eigenvalue weighted by Gasteiger charge is -2.17. The molecule has 1 unspecified atom stereocenters. The first-order valence-corrected chi connectivity index (χ1v) is 11.8. The summed E-state index contributed by atoms with van der Waals surface area (Å²) in [5, 5.41) is 12.9. The van der Waals surface area contributed by atoms with E-state index in [1.165, 1.54) is 0 Å². The van der Waals surface area contributed by atoms with Gasteiger partial charge in [0.05, 0.1) is 17.7 Å². The van der Waals surface area contributed by atoms with Crippen LogP contribution in [0.25, 0.3) is 11.1 Å². The molecule has 3 rings (SSSR count). The third-order valence-electron chi connectivity index (χ3n) is 4.91. The van der Waals surface area contributed by atoms with Crippen molar-refractivity contribution in [2.75, 3.05) is 6.61 Å². The van der Waals surface area contributed by atoms with E-state index in [-0.39, 0.29) is 12.7 Å². The summed E-state index contributed by atoms with van der Waals surface area (Å²) in [5.41, 5.74) is 4.08. The molecule has 7 heteroatoms. The average Bonchev–Trinajstić information content (AvgIpc) is 2.80. The maximum Gasteiger partial charge on any atom is 0.325 e. The summed E-state index contributed by atoms with van der Waals surface area (Å²) in [5.74, 6) is 0.0808. The van der Waals surface area contributed by atoms with Crippen molar-refractivity contribution in [3.63, 3.8) is 0 Å². The number of aliphatic hydroxyl groups excluding tert-OH is 1. The summed E-state index contributed by atoms with van der Waals surface area (Å²) in [7, 11) is 0. The minimum absolute atomic E-state index is 0.243. The van der Waals surface area contributed by atoms with Crippen molar-refractivity contribution >= 4 is 33.5 Å². The van der Waals surface area contributed by atoms with Crippen molar-refractivity contribution < 1.29 is 19.4 Å². The maximum atomic E-state index is 12.0. The van der Waals surface area contributed by atoms with Crippen LogP contribution in [0, 0.1) is 0 Å². The Balaban J connectivity index is 1.63. The lowest BCUT2D eigenvalue weighted by molar-refractivity contribution is -0.151. The largest absolute Gasteiger partial charge is 0.487 e. The van der Waals surface area contributed by atoms with Crippen molar-refractivity contribution in [2.24, 2.45) is 0 Å². The standard InChI is InChI=1S/C26H27BrClNO4/c1-17(2)33-26(31)23(15-30)29-14-18-11-12-24(22(28)13-18)32-16-20-9-6-10-21(25(20)27)19-7-4-3-5-8-19/h3-13,17,23,29-30H,14-16H2,1-2H3. The Morgan fingerprint density at radius 1 is 1.09 bits per heavy atom. The number of nitrogens with one attached hydrogen (secondary N) is 1. The van der Waals surface area contributed by atoms with Crippen molar-refractivity contribution in [1.29, 1.82) is 0 Å². The van der Waals surface area contributed by atoms with Gasteiger partial charge in [-0.05, 0) is 58.6 Å². The summed E-state index contributed by atoms with van der Waals surface area (Å²) in [4.78, 5) is 12.0. The molecule has 5 nitrogen and oxygen atoms in total. The van der Waals surface area contributed by atoms with Gasteiger partial charge in [-0.3, -0.25) is 10.1 Å². The van der Waals surface area contributed by atoms with Crippen LogP contribution >= 0.6 is 27.5 Å². The Kier molecular flexibility index (Phi) is 9.32. The van der Waals surface area contributed by atoms with Crippen LogP contribution in [0.1, 0.15) is 25.0 Å². The van der Waals surface area contributed by atoms with E-state index in [0.29, 0.717) is 23.9 Å². The number of hydrogen-bond donors (Lipinski definition) is 2. The Morgan fingerprint density at radius 2 is 1.85 bits per heavy atom. The number of hydrogen-bond acceptors (Lipinski definition) is 5. The summed E-state index contributed by atoms with van der Waals surface area (Å²) < 4.78 is 12.1. The molecule has 0 aliphatic rings. The minimum Gasteiger partial charge on any atom is -0.487 e. The predicted octanol–water partition coefficient (Wildman–Crippen LogP) is 5.75. The number of carbonyl (C=O) groups is 1. The van der Waals surface area contributed by atoms with Crippen molar-refractivity contribution in [3.05, 3.63) is 87.4 Å². The highest BCUT2D eigenvalue weighted by Gasteiger charge is 2.19. The van der Waals surface area contributed by atoms with Crippen LogP contribution in [0.3, 0.4) is 0 Å². The van der Waals surface area contributed by atoms with Crippen molar-refractivity contribution in [1.82, 2.24) is 5.32 Å². The molecule has 174 valence electrons. The van der Waals surface area contributed by atoms with Crippen LogP contribution in [0.4, 0.5) is 0 Å². The predicted molar refractivity (Wildman–Crippen MR) is 134 cm³/mol. The first-order chi connectivity index (χ1) is 15.9. The second kappa shape index (κ2) is 12.2. The molecule has 1 atom stereocenters. The molecule has 0 bridgehead atoms. The van der Waals surface area contributed by atoms with Gasteiger partial charge in [-0.1, -0.05) is 66.2 Å². The second-order valence-electron chi connectivity index (χ2n) is 7.80. The highest BCUT2D eigenvalue weighted by Crippen LogP contribution is 2.32. The first kappa shape index (κ1) is 25.2. The first-order valence-electron chi connectivity index (χ1n) is 10.7. The number of aliphatic hydroxyl groups is 1. The molecule has 0 aliphatic carbocycles. The van der Waals surface area contributed by atoms with Crippen molar-refractivity contribution in [2.45, 2.75) is 39.1 Å². The molecule has 0 aliphatic heterocycles. The molecule has 0 aromatic heterocycles. The van der Waals surface area contributed by atoms with Crippen LogP contribution < -0.4 is 10.1 Å². The van der Waals surface area contributed by atoms with Crippen LogP contribution in [-0.2, 0) is 22.7 Å². The van der Waals surface area contributed by atoms with Gasteiger partial charge in [0.2, 0.25) is 0 Å². The molecule has 3 aromatic rings. The summed E-state index contributed by atoms with van der Waals surface area (Å²) >= 11 is 10.1. The van der Waals surface area contributed by atoms with Gasteiger partial charge in [0.15, 0.2) is 0 Å². The Morgan fingerprint density at radius 3 is 2.52 bits per heavy atom. The van der Waals surface area contributed by atoms with Gasteiger partial charge in [0, 0.05) is 16.6 Å². The zero-order valence-corrected chi connectivity index (χ0v) is 20.9. The number of halogens is 2. The van der Waals surface area contributed by atoms with Crippen LogP contribution in [0.5, 0.6) is 5.75 Å². The molecule has 0 spiro atoms. The van der Waals surface area contributed by atoms with Crippen molar-refractivity contribution in [3.8, 4) is 16.9 Å². The van der Waals surface area contributed by atoms with Gasteiger partial charge in [-0.15, -0.1) is 0 Å². The van der Waals surface area contributed by atoms with Crippen LogP contribution in [0.15, 0.2) is 71.2 Å². The smallest absolute Gasteiger partial charge is 0.325 e. The number of benzene rings is 3. The Hall–Kier alpha value is -2.38. The summed E-state index contributed by atoms with van der Waals surface area (Å²) in [6.45, 7) is 3.88. The molecule has 0 saturated carbocycles. The summed E-state index contributed by atoms with van der Waals surface area (Å²) in [6.07, 6.45) is -0.243. The quantitative estimate of drug-likeness (QED) is 0.325. The lowest BCUT2D eigenvalue weighted by Crippen LogP contribution is -2.41. The van der Waals surface area contributed by atoms with E-state index in [1.807, 2.05) is 36.4 Å². The molecule has 2 N–H and O–H groups in total. The van der Waals surface area contributed by atoms with E-state index in [4.69, 9.17) is 21.1 Å². The molecule has 0 fully saturated rings. The topological polar surface area (TPSA) is 67.8 Å². The van der Waals surface area contributed by atoms with E-state index in [1.54, 1.807) is 26.0 Å². The molecular weight excluding hydrogens is 506 g/mol. The normalized spacial score (nSPS) is 11.9. The SMILES string of the molecule is CC(C)OC(=O)C(CO)NCc1ccc(OCc2cccc(-c3ccccc3)c2Br)c(Cl)c1. The van der Waals surface area contributed by atoms with Gasteiger partial charge >= 0.3 is 5.97 Å². The van der Waals surface area contributed by atoms with E-state index in [0.717, 1.165) is 26.7 Å².